The number of nitrogen functional groups attached to an aromatic ring is 1. The second kappa shape index (κ2) is 10.0. The molecule has 1 aliphatic rings. The van der Waals surface area contributed by atoms with Crippen LogP contribution in [0.3, 0.4) is 0 Å². The molecule has 0 saturated carbocycles. The quantitative estimate of drug-likeness (QED) is 0.254. The van der Waals surface area contributed by atoms with Crippen LogP contribution in [-0.2, 0) is 15.5 Å². The lowest BCUT2D eigenvalue weighted by Crippen LogP contribution is -2.48. The normalized spacial score (nSPS) is 16.8. The number of halogens is 4. The standard InChI is InChI=1S/C26H31F4N6O2P/c1-14-18(10-17(31)11-20(14)26(28,29)30)15(2)33-23-19-12-22(32-13-21(19)34-16(3)35-23)39(38)8-6-36(7-9-39)24(37)25(4,5)27/h10-13,15H,6-9,31H2,1-5H3,(H,33,34,35)/t15-/m1/s1. The van der Waals surface area contributed by atoms with Crippen molar-refractivity contribution in [2.75, 3.05) is 36.5 Å². The first-order chi connectivity index (χ1) is 18.0. The summed E-state index contributed by atoms with van der Waals surface area (Å²) >= 11 is 0. The van der Waals surface area contributed by atoms with E-state index < -0.39 is 36.5 Å². The number of nitrogens with zero attached hydrogens (tertiary/aromatic N) is 4. The van der Waals surface area contributed by atoms with Crippen molar-refractivity contribution in [1.82, 2.24) is 19.9 Å². The van der Waals surface area contributed by atoms with Gasteiger partial charge in [-0.2, -0.15) is 13.2 Å². The van der Waals surface area contributed by atoms with Gasteiger partial charge < -0.3 is 20.5 Å². The first-order valence-corrected chi connectivity index (χ1v) is 14.5. The zero-order chi connectivity index (χ0) is 28.9. The van der Waals surface area contributed by atoms with Crippen LogP contribution in [0.25, 0.3) is 10.9 Å². The number of benzene rings is 1. The van der Waals surface area contributed by atoms with Gasteiger partial charge in [-0.25, -0.2) is 14.4 Å². The second-order valence-corrected chi connectivity index (χ2v) is 13.6. The molecule has 0 bridgehead atoms. The number of nitrogens with two attached hydrogens (primary N) is 1. The lowest BCUT2D eigenvalue weighted by molar-refractivity contribution is -0.141. The number of aryl methyl sites for hydroxylation is 1. The largest absolute Gasteiger partial charge is 0.416 e. The maximum absolute atomic E-state index is 14.1. The van der Waals surface area contributed by atoms with Crippen molar-refractivity contribution in [3.63, 3.8) is 0 Å². The van der Waals surface area contributed by atoms with Crippen LogP contribution >= 0.6 is 7.14 Å². The zero-order valence-corrected chi connectivity index (χ0v) is 23.3. The molecule has 2 aromatic heterocycles. The number of anilines is 2. The highest BCUT2D eigenvalue weighted by Crippen LogP contribution is 2.46. The van der Waals surface area contributed by atoms with E-state index >= 15 is 0 Å². The molecule has 8 nitrogen and oxygen atoms in total. The molecule has 0 spiro atoms. The third-order valence-corrected chi connectivity index (χ3v) is 9.87. The monoisotopic (exact) mass is 566 g/mol. The van der Waals surface area contributed by atoms with E-state index in [9.17, 15) is 26.9 Å². The number of rotatable bonds is 5. The van der Waals surface area contributed by atoms with Crippen molar-refractivity contribution >= 4 is 40.9 Å². The molecule has 1 amide bonds. The molecular formula is C26H31F4N6O2P. The fraction of sp³-hybridized carbons (Fsp3) is 0.462. The van der Waals surface area contributed by atoms with Crippen molar-refractivity contribution in [1.29, 1.82) is 0 Å². The molecule has 1 saturated heterocycles. The molecule has 0 aliphatic carbocycles. The Morgan fingerprint density at radius 1 is 1.10 bits per heavy atom. The van der Waals surface area contributed by atoms with E-state index in [0.29, 0.717) is 33.5 Å². The van der Waals surface area contributed by atoms with Crippen molar-refractivity contribution in [3.05, 3.63) is 46.9 Å². The summed E-state index contributed by atoms with van der Waals surface area (Å²) in [6, 6.07) is 3.43. The number of nitrogens with one attached hydrogen (secondary N) is 1. The molecule has 39 heavy (non-hydrogen) atoms. The number of carbonyl (C=O) groups excluding carboxylic acids is 1. The maximum Gasteiger partial charge on any atom is 0.416 e. The predicted molar refractivity (Wildman–Crippen MR) is 143 cm³/mol. The molecule has 13 heteroatoms. The highest BCUT2D eigenvalue weighted by Gasteiger charge is 2.39. The van der Waals surface area contributed by atoms with E-state index in [1.807, 2.05) is 0 Å². The SMILES string of the molecule is Cc1nc(N[C@H](C)c2cc(N)cc(C(F)(F)F)c2C)c2cc(P3(=O)CCN(C(=O)C(C)(C)F)CC3)ncc2n1. The molecule has 3 aromatic rings. The van der Waals surface area contributed by atoms with Crippen LogP contribution in [-0.4, -0.2) is 56.8 Å². The molecule has 3 N–H and O–H groups in total. The van der Waals surface area contributed by atoms with E-state index in [1.54, 1.807) is 19.9 Å². The van der Waals surface area contributed by atoms with E-state index in [0.717, 1.165) is 6.07 Å². The van der Waals surface area contributed by atoms with Crippen LogP contribution in [0, 0.1) is 13.8 Å². The van der Waals surface area contributed by atoms with Crippen LogP contribution in [0.4, 0.5) is 29.1 Å². The number of aromatic nitrogens is 3. The molecule has 210 valence electrons. The highest BCUT2D eigenvalue weighted by molar-refractivity contribution is 7.71. The van der Waals surface area contributed by atoms with Gasteiger partial charge in [0, 0.05) is 36.5 Å². The number of pyridine rings is 1. The Balaban J connectivity index is 1.67. The van der Waals surface area contributed by atoms with E-state index in [-0.39, 0.29) is 36.7 Å². The Morgan fingerprint density at radius 2 is 1.74 bits per heavy atom. The summed E-state index contributed by atoms with van der Waals surface area (Å²) in [5, 5.41) is 3.69. The smallest absolute Gasteiger partial charge is 0.399 e. The van der Waals surface area contributed by atoms with Gasteiger partial charge in [0.25, 0.3) is 5.91 Å². The Kier molecular flexibility index (Phi) is 7.40. The topological polar surface area (TPSA) is 114 Å². The molecule has 4 rings (SSSR count). The van der Waals surface area contributed by atoms with Gasteiger partial charge >= 0.3 is 6.18 Å². The minimum Gasteiger partial charge on any atom is -0.399 e. The highest BCUT2D eigenvalue weighted by atomic mass is 31.2. The van der Waals surface area contributed by atoms with Gasteiger partial charge in [-0.1, -0.05) is 0 Å². The van der Waals surface area contributed by atoms with Gasteiger partial charge in [-0.15, -0.1) is 0 Å². The summed E-state index contributed by atoms with van der Waals surface area (Å²) in [5.41, 5.74) is 4.20. The molecular weight excluding hydrogens is 535 g/mol. The number of fused-ring (bicyclic) bond motifs is 1. The molecule has 1 aromatic carbocycles. The van der Waals surface area contributed by atoms with Crippen molar-refractivity contribution < 1.29 is 26.9 Å². The van der Waals surface area contributed by atoms with Gasteiger partial charge in [0.05, 0.1) is 23.3 Å². The van der Waals surface area contributed by atoms with Crippen LogP contribution in [0.5, 0.6) is 0 Å². The predicted octanol–water partition coefficient (Wildman–Crippen LogP) is 4.99. The average Bonchev–Trinajstić information content (AvgIpc) is 2.83. The molecule has 3 heterocycles. The van der Waals surface area contributed by atoms with Crippen LogP contribution in [0.1, 0.15) is 49.3 Å². The fourth-order valence-corrected chi connectivity index (χ4v) is 7.30. The minimum absolute atomic E-state index is 0.00847. The van der Waals surface area contributed by atoms with E-state index in [1.165, 1.54) is 37.9 Å². The Bertz CT molecular complexity index is 1480. The lowest BCUT2D eigenvalue weighted by Gasteiger charge is -2.34. The summed E-state index contributed by atoms with van der Waals surface area (Å²) in [4.78, 5) is 27.0. The average molecular weight is 567 g/mol. The van der Waals surface area contributed by atoms with Crippen molar-refractivity contribution in [3.8, 4) is 0 Å². The van der Waals surface area contributed by atoms with E-state index in [2.05, 4.69) is 20.3 Å². The zero-order valence-electron chi connectivity index (χ0n) is 22.4. The maximum atomic E-state index is 14.1. The summed E-state index contributed by atoms with van der Waals surface area (Å²) in [5.74, 6) is 0.123. The minimum atomic E-state index is -4.56. The number of hydrogen-bond acceptors (Lipinski definition) is 7. The number of carbonyl (C=O) groups is 1. The number of amides is 1. The first kappa shape index (κ1) is 28.7. The molecule has 1 atom stereocenters. The van der Waals surface area contributed by atoms with Gasteiger partial charge in [0.1, 0.15) is 24.2 Å². The third-order valence-electron chi connectivity index (χ3n) is 6.95. The molecule has 1 aliphatic heterocycles. The van der Waals surface area contributed by atoms with E-state index in [4.69, 9.17) is 5.73 Å². The molecule has 1 fully saturated rings. The summed E-state index contributed by atoms with van der Waals surface area (Å²) in [7, 11) is -3.02. The first-order valence-electron chi connectivity index (χ1n) is 12.4. The number of hydrogen-bond donors (Lipinski definition) is 2. The summed E-state index contributed by atoms with van der Waals surface area (Å²) < 4.78 is 68.7. The Labute approximate surface area is 223 Å². The summed E-state index contributed by atoms with van der Waals surface area (Å²) in [6.45, 7) is 7.46. The van der Waals surface area contributed by atoms with Gasteiger partial charge in [-0.05, 0) is 63.9 Å². The molecule has 0 unspecified atom stereocenters. The Morgan fingerprint density at radius 3 is 2.33 bits per heavy atom. The second-order valence-electron chi connectivity index (χ2n) is 10.4. The van der Waals surface area contributed by atoms with Gasteiger partial charge in [0.15, 0.2) is 5.67 Å². The fourth-order valence-electron chi connectivity index (χ4n) is 4.85. The van der Waals surface area contributed by atoms with Crippen LogP contribution in [0.15, 0.2) is 24.4 Å². The summed E-state index contributed by atoms with van der Waals surface area (Å²) in [6.07, 6.45) is -2.76. The van der Waals surface area contributed by atoms with Crippen LogP contribution < -0.4 is 16.5 Å². The van der Waals surface area contributed by atoms with Crippen molar-refractivity contribution in [2.24, 2.45) is 0 Å². The van der Waals surface area contributed by atoms with Gasteiger partial charge in [0.2, 0.25) is 0 Å². The number of alkyl halides is 4. The molecule has 0 radical (unpaired) electrons. The van der Waals surface area contributed by atoms with Crippen LogP contribution in [0.2, 0.25) is 0 Å². The Hall–Kier alpha value is -3.27. The third kappa shape index (κ3) is 5.85. The van der Waals surface area contributed by atoms with Crippen molar-refractivity contribution in [2.45, 2.75) is 52.5 Å². The lowest BCUT2D eigenvalue weighted by atomic mass is 9.96. The van der Waals surface area contributed by atoms with Gasteiger partial charge in [-0.3, -0.25) is 9.78 Å².